The predicted molar refractivity (Wildman–Crippen MR) is 85.3 cm³/mol. The predicted octanol–water partition coefficient (Wildman–Crippen LogP) is 2.65. The highest BCUT2D eigenvalue weighted by Gasteiger charge is 2.27. The van der Waals surface area contributed by atoms with E-state index in [4.69, 9.17) is 0 Å². The topological polar surface area (TPSA) is 58.2 Å². The molecule has 120 valence electrons. The molecule has 0 saturated heterocycles. The quantitative estimate of drug-likeness (QED) is 0.725. The number of nitrogens with one attached hydrogen (secondary N) is 2. The van der Waals surface area contributed by atoms with Crippen LogP contribution in [0.5, 0.6) is 0 Å². The van der Waals surface area contributed by atoms with Crippen molar-refractivity contribution >= 4 is 10.0 Å². The maximum absolute atomic E-state index is 12.3. The van der Waals surface area contributed by atoms with Crippen LogP contribution < -0.4 is 10.0 Å². The maximum Gasteiger partial charge on any atom is 0.215 e. The summed E-state index contributed by atoms with van der Waals surface area (Å²) in [5, 5.41) is 2.82. The largest absolute Gasteiger partial charge is 0.313 e. The van der Waals surface area contributed by atoms with Gasteiger partial charge < -0.3 is 5.32 Å². The van der Waals surface area contributed by atoms with Crippen LogP contribution in [0.3, 0.4) is 0 Å². The molecule has 1 aliphatic carbocycles. The fourth-order valence-corrected chi connectivity index (χ4v) is 4.09. The molecular formula is C15H32N2O2S. The van der Waals surface area contributed by atoms with Crippen LogP contribution in [0.1, 0.15) is 66.2 Å². The van der Waals surface area contributed by atoms with Gasteiger partial charge in [0.1, 0.15) is 0 Å². The first kappa shape index (κ1) is 17.9. The lowest BCUT2D eigenvalue weighted by molar-refractivity contribution is 0.296. The van der Waals surface area contributed by atoms with Gasteiger partial charge in [0, 0.05) is 18.6 Å². The lowest BCUT2D eigenvalue weighted by Gasteiger charge is -2.29. The second kappa shape index (κ2) is 8.35. The molecule has 0 heterocycles. The second-order valence-electron chi connectivity index (χ2n) is 6.54. The summed E-state index contributed by atoms with van der Waals surface area (Å²) in [6.07, 6.45) is 6.84. The number of hydrogen-bond acceptors (Lipinski definition) is 3. The third-order valence-electron chi connectivity index (χ3n) is 4.22. The highest BCUT2D eigenvalue weighted by atomic mass is 32.2. The molecule has 0 spiro atoms. The second-order valence-corrected chi connectivity index (χ2v) is 8.67. The van der Waals surface area contributed by atoms with Gasteiger partial charge in [-0.05, 0) is 38.5 Å². The Morgan fingerprint density at radius 1 is 1.10 bits per heavy atom. The highest BCUT2D eigenvalue weighted by molar-refractivity contribution is 7.90. The fraction of sp³-hybridized carbons (Fsp3) is 1.00. The summed E-state index contributed by atoms with van der Waals surface area (Å²) in [6, 6.07) is 0.465. The summed E-state index contributed by atoms with van der Waals surface area (Å²) in [7, 11) is -3.20. The van der Waals surface area contributed by atoms with Crippen LogP contribution in [-0.4, -0.2) is 32.3 Å². The molecule has 2 N–H and O–H groups in total. The summed E-state index contributed by atoms with van der Waals surface area (Å²) in [4.78, 5) is 0. The van der Waals surface area contributed by atoms with Crippen molar-refractivity contribution in [2.45, 2.75) is 83.6 Å². The smallest absolute Gasteiger partial charge is 0.215 e. The van der Waals surface area contributed by atoms with Gasteiger partial charge in [-0.3, -0.25) is 0 Å². The van der Waals surface area contributed by atoms with Crippen molar-refractivity contribution in [3.8, 4) is 0 Å². The summed E-state index contributed by atoms with van der Waals surface area (Å²) in [5.41, 5.74) is 0. The molecule has 1 unspecified atom stereocenters. The highest BCUT2D eigenvalue weighted by Crippen LogP contribution is 2.28. The average Bonchev–Trinajstić information content (AvgIpc) is 2.38. The molecule has 0 amide bonds. The molecule has 1 fully saturated rings. The molecule has 1 saturated carbocycles. The van der Waals surface area contributed by atoms with Gasteiger partial charge >= 0.3 is 0 Å². The molecule has 4 nitrogen and oxygen atoms in total. The Kier molecular flexibility index (Phi) is 7.48. The van der Waals surface area contributed by atoms with Crippen molar-refractivity contribution in [3.05, 3.63) is 0 Å². The van der Waals surface area contributed by atoms with Crippen molar-refractivity contribution in [2.75, 3.05) is 6.54 Å². The van der Waals surface area contributed by atoms with Gasteiger partial charge in [0.25, 0.3) is 0 Å². The fourth-order valence-electron chi connectivity index (χ4n) is 2.84. The third kappa shape index (κ3) is 6.10. The van der Waals surface area contributed by atoms with E-state index in [1.54, 1.807) is 6.92 Å². The van der Waals surface area contributed by atoms with Gasteiger partial charge in [-0.2, -0.15) is 0 Å². The molecule has 0 bridgehead atoms. The van der Waals surface area contributed by atoms with E-state index in [-0.39, 0.29) is 11.3 Å². The summed E-state index contributed by atoms with van der Waals surface area (Å²) in [5.74, 6) is 0.806. The van der Waals surface area contributed by atoms with Crippen LogP contribution in [0.4, 0.5) is 0 Å². The van der Waals surface area contributed by atoms with Gasteiger partial charge in [0.05, 0.1) is 5.25 Å². The van der Waals surface area contributed by atoms with E-state index in [1.807, 2.05) is 13.8 Å². The monoisotopic (exact) mass is 304 g/mol. The standard InChI is InChI=1S/C15H32N2O2S/c1-5-6-14-7-9-15(10-8-14)17-20(18,19)13(4)11-16-12(2)3/h12-17H,5-11H2,1-4H3. The van der Waals surface area contributed by atoms with Crippen molar-refractivity contribution < 1.29 is 8.42 Å². The minimum Gasteiger partial charge on any atom is -0.313 e. The molecule has 20 heavy (non-hydrogen) atoms. The van der Waals surface area contributed by atoms with Crippen molar-refractivity contribution in [1.82, 2.24) is 10.0 Å². The van der Waals surface area contributed by atoms with Gasteiger partial charge in [0.15, 0.2) is 0 Å². The van der Waals surface area contributed by atoms with Crippen molar-refractivity contribution in [2.24, 2.45) is 5.92 Å². The van der Waals surface area contributed by atoms with E-state index < -0.39 is 10.0 Å². The zero-order valence-electron chi connectivity index (χ0n) is 13.5. The minimum atomic E-state index is -3.20. The first-order valence-corrected chi connectivity index (χ1v) is 9.64. The molecule has 0 radical (unpaired) electrons. The Balaban J connectivity index is 2.39. The van der Waals surface area contributed by atoms with Gasteiger partial charge in [-0.1, -0.05) is 33.6 Å². The lowest BCUT2D eigenvalue weighted by atomic mass is 9.84. The Morgan fingerprint density at radius 2 is 1.70 bits per heavy atom. The van der Waals surface area contributed by atoms with Crippen molar-refractivity contribution in [1.29, 1.82) is 0 Å². The molecule has 1 rings (SSSR count). The molecule has 1 atom stereocenters. The molecule has 0 aromatic rings. The maximum atomic E-state index is 12.3. The number of rotatable bonds is 8. The van der Waals surface area contributed by atoms with E-state index in [0.717, 1.165) is 18.8 Å². The normalized spacial score (nSPS) is 25.9. The first-order valence-electron chi connectivity index (χ1n) is 8.09. The van der Waals surface area contributed by atoms with E-state index in [0.29, 0.717) is 12.6 Å². The third-order valence-corrected chi connectivity index (χ3v) is 6.11. The molecule has 0 aliphatic heterocycles. The summed E-state index contributed by atoms with van der Waals surface area (Å²) < 4.78 is 27.4. The van der Waals surface area contributed by atoms with Gasteiger partial charge in [-0.25, -0.2) is 13.1 Å². The van der Waals surface area contributed by atoms with Crippen molar-refractivity contribution in [3.63, 3.8) is 0 Å². The lowest BCUT2D eigenvalue weighted by Crippen LogP contribution is -2.45. The Hall–Kier alpha value is -0.130. The van der Waals surface area contributed by atoms with Gasteiger partial charge in [0.2, 0.25) is 10.0 Å². The van der Waals surface area contributed by atoms with Crippen LogP contribution in [0.25, 0.3) is 0 Å². The average molecular weight is 305 g/mol. The minimum absolute atomic E-state index is 0.148. The van der Waals surface area contributed by atoms with Gasteiger partial charge in [-0.15, -0.1) is 0 Å². The molecule has 1 aliphatic rings. The van der Waals surface area contributed by atoms with E-state index in [9.17, 15) is 8.42 Å². The van der Waals surface area contributed by atoms with Crippen LogP contribution >= 0.6 is 0 Å². The molecule has 0 aromatic carbocycles. The van der Waals surface area contributed by atoms with E-state index in [1.165, 1.54) is 25.7 Å². The summed E-state index contributed by atoms with van der Waals surface area (Å²) in [6.45, 7) is 8.57. The Morgan fingerprint density at radius 3 is 2.20 bits per heavy atom. The van der Waals surface area contributed by atoms with Crippen LogP contribution in [-0.2, 0) is 10.0 Å². The van der Waals surface area contributed by atoms with Crippen LogP contribution in [0.2, 0.25) is 0 Å². The molecule has 0 aromatic heterocycles. The number of sulfonamides is 1. The Bertz CT molecular complexity index is 360. The molecular weight excluding hydrogens is 272 g/mol. The first-order chi connectivity index (χ1) is 9.35. The summed E-state index contributed by atoms with van der Waals surface area (Å²) >= 11 is 0. The Labute approximate surface area is 125 Å². The molecule has 5 heteroatoms. The zero-order valence-corrected chi connectivity index (χ0v) is 14.3. The number of hydrogen-bond donors (Lipinski definition) is 2. The SMILES string of the molecule is CCCC1CCC(NS(=O)(=O)C(C)CNC(C)C)CC1. The van der Waals surface area contributed by atoms with Crippen LogP contribution in [0.15, 0.2) is 0 Å². The van der Waals surface area contributed by atoms with E-state index >= 15 is 0 Å². The van der Waals surface area contributed by atoms with E-state index in [2.05, 4.69) is 17.0 Å². The van der Waals surface area contributed by atoms with Crippen LogP contribution in [0, 0.1) is 5.92 Å². The zero-order chi connectivity index (χ0) is 15.2.